The molecule has 0 saturated heterocycles. The predicted octanol–water partition coefficient (Wildman–Crippen LogP) is 3.58. The van der Waals surface area contributed by atoms with E-state index < -0.39 is 0 Å². The summed E-state index contributed by atoms with van der Waals surface area (Å²) in [6, 6.07) is 14.6. The largest absolute Gasteiger partial charge is 0.378 e. The summed E-state index contributed by atoms with van der Waals surface area (Å²) in [4.78, 5) is 10.9. The number of carbonyl (C=O) groups is 1. The predicted molar refractivity (Wildman–Crippen MR) is 88.2 cm³/mol. The third-order valence-corrected chi connectivity index (χ3v) is 4.63. The van der Waals surface area contributed by atoms with Gasteiger partial charge in [0.25, 0.3) is 0 Å². The number of amides is 1. The van der Waals surface area contributed by atoms with Crippen molar-refractivity contribution in [1.29, 1.82) is 0 Å². The highest BCUT2D eigenvalue weighted by Gasteiger charge is 2.23. The van der Waals surface area contributed by atoms with E-state index in [-0.39, 0.29) is 5.91 Å². The summed E-state index contributed by atoms with van der Waals surface area (Å²) < 4.78 is 1.20. The van der Waals surface area contributed by atoms with Gasteiger partial charge in [0.1, 0.15) is 0 Å². The van der Waals surface area contributed by atoms with Crippen LogP contribution >= 0.6 is 15.9 Å². The fourth-order valence-corrected chi connectivity index (χ4v) is 3.46. The Labute approximate surface area is 132 Å². The molecule has 1 unspecified atom stereocenters. The number of hydrogen-bond acceptors (Lipinski definition) is 2. The molecular formula is C17H17BrN2O. The minimum Gasteiger partial charge on any atom is -0.378 e. The Morgan fingerprint density at radius 3 is 2.71 bits per heavy atom. The minimum absolute atomic E-state index is 0.291. The molecule has 4 heteroatoms. The molecule has 0 heterocycles. The van der Waals surface area contributed by atoms with E-state index in [1.807, 2.05) is 24.3 Å². The number of rotatable bonds is 4. The Bertz CT molecular complexity index is 667. The van der Waals surface area contributed by atoms with Crippen molar-refractivity contribution in [1.82, 2.24) is 0 Å². The molecule has 1 aliphatic carbocycles. The van der Waals surface area contributed by atoms with Gasteiger partial charge in [0.2, 0.25) is 5.91 Å². The van der Waals surface area contributed by atoms with E-state index in [0.29, 0.717) is 12.5 Å². The Hall–Kier alpha value is -1.81. The van der Waals surface area contributed by atoms with E-state index in [1.165, 1.54) is 15.6 Å². The summed E-state index contributed by atoms with van der Waals surface area (Å²) in [5, 5.41) is 3.57. The van der Waals surface area contributed by atoms with Gasteiger partial charge in [0.15, 0.2) is 0 Å². The quantitative estimate of drug-likeness (QED) is 0.890. The molecule has 0 aromatic heterocycles. The third kappa shape index (κ3) is 3.10. The highest BCUT2D eigenvalue weighted by molar-refractivity contribution is 9.10. The minimum atomic E-state index is -0.301. The van der Waals surface area contributed by atoms with Crippen LogP contribution in [0, 0.1) is 0 Å². The first-order valence-corrected chi connectivity index (χ1v) is 7.84. The van der Waals surface area contributed by atoms with Crippen molar-refractivity contribution in [3.05, 3.63) is 63.6 Å². The van der Waals surface area contributed by atoms with Crippen LogP contribution < -0.4 is 11.1 Å². The molecular weight excluding hydrogens is 328 g/mol. The maximum Gasteiger partial charge on any atom is 0.221 e. The molecule has 1 atom stereocenters. The zero-order chi connectivity index (χ0) is 14.8. The number of primary amides is 1. The molecule has 1 aliphatic rings. The average molecular weight is 345 g/mol. The first kappa shape index (κ1) is 14.1. The lowest BCUT2D eigenvalue weighted by Crippen LogP contribution is -2.13. The lowest BCUT2D eigenvalue weighted by atomic mass is 10.1. The highest BCUT2D eigenvalue weighted by atomic mass is 79.9. The Balaban J connectivity index is 1.74. The number of anilines is 1. The number of nitrogens with two attached hydrogens (primary N) is 1. The van der Waals surface area contributed by atoms with Crippen LogP contribution in [0.4, 0.5) is 5.69 Å². The van der Waals surface area contributed by atoms with Gasteiger partial charge in [-0.15, -0.1) is 0 Å². The molecule has 1 amide bonds. The summed E-state index contributed by atoms with van der Waals surface area (Å²) in [5.41, 5.74) is 9.99. The van der Waals surface area contributed by atoms with Crippen LogP contribution in [0.25, 0.3) is 0 Å². The fraction of sp³-hybridized carbons (Fsp3) is 0.235. The normalized spacial score (nSPS) is 16.5. The zero-order valence-corrected chi connectivity index (χ0v) is 13.2. The number of hydrogen-bond donors (Lipinski definition) is 2. The lowest BCUT2D eigenvalue weighted by Gasteiger charge is -2.16. The lowest BCUT2D eigenvalue weighted by molar-refractivity contribution is -0.117. The van der Waals surface area contributed by atoms with Crippen LogP contribution in [0.3, 0.4) is 0 Å². The van der Waals surface area contributed by atoms with Gasteiger partial charge in [0.05, 0.1) is 12.5 Å². The van der Waals surface area contributed by atoms with Gasteiger partial charge >= 0.3 is 0 Å². The van der Waals surface area contributed by atoms with E-state index in [1.54, 1.807) is 0 Å². The van der Waals surface area contributed by atoms with Gasteiger partial charge in [-0.05, 0) is 47.7 Å². The van der Waals surface area contributed by atoms with Crippen LogP contribution in [0.5, 0.6) is 0 Å². The monoisotopic (exact) mass is 344 g/mol. The summed E-state index contributed by atoms with van der Waals surface area (Å²) in [6.45, 7) is 0. The Morgan fingerprint density at radius 1 is 1.24 bits per heavy atom. The van der Waals surface area contributed by atoms with E-state index >= 15 is 0 Å². The van der Waals surface area contributed by atoms with Gasteiger partial charge < -0.3 is 11.1 Å². The first-order valence-electron chi connectivity index (χ1n) is 7.04. The van der Waals surface area contributed by atoms with Crippen LogP contribution in [-0.2, 0) is 17.6 Å². The summed E-state index contributed by atoms with van der Waals surface area (Å²) >= 11 is 3.62. The maximum absolute atomic E-state index is 10.9. The summed E-state index contributed by atoms with van der Waals surface area (Å²) in [7, 11) is 0. The van der Waals surface area contributed by atoms with Crippen LogP contribution in [0.15, 0.2) is 46.9 Å². The highest BCUT2D eigenvalue weighted by Crippen LogP contribution is 2.37. The van der Waals surface area contributed by atoms with Crippen LogP contribution in [-0.4, -0.2) is 5.91 Å². The molecule has 3 rings (SSSR count). The van der Waals surface area contributed by atoms with Gasteiger partial charge in [-0.3, -0.25) is 4.79 Å². The molecule has 2 aromatic rings. The SMILES string of the molecule is NC(=O)Cc1ccc(NC2CCc3c(Br)cccc32)cc1. The molecule has 2 aromatic carbocycles. The van der Waals surface area contributed by atoms with Gasteiger partial charge in [-0.25, -0.2) is 0 Å². The van der Waals surface area contributed by atoms with Crippen molar-refractivity contribution in [3.63, 3.8) is 0 Å². The molecule has 0 radical (unpaired) electrons. The van der Waals surface area contributed by atoms with Gasteiger partial charge in [-0.1, -0.05) is 40.2 Å². The van der Waals surface area contributed by atoms with Crippen LogP contribution in [0.2, 0.25) is 0 Å². The van der Waals surface area contributed by atoms with Crippen molar-refractivity contribution in [2.45, 2.75) is 25.3 Å². The van der Waals surface area contributed by atoms with E-state index in [9.17, 15) is 4.79 Å². The topological polar surface area (TPSA) is 55.1 Å². The van der Waals surface area contributed by atoms with E-state index in [2.05, 4.69) is 39.4 Å². The van der Waals surface area contributed by atoms with Crippen molar-refractivity contribution >= 4 is 27.5 Å². The second-order valence-corrected chi connectivity index (χ2v) is 6.24. The summed E-state index contributed by atoms with van der Waals surface area (Å²) in [6.07, 6.45) is 2.48. The molecule has 0 saturated carbocycles. The standard InChI is InChI=1S/C17H17BrN2O/c18-15-3-1-2-14-13(15)8-9-16(14)20-12-6-4-11(5-7-12)10-17(19)21/h1-7,16,20H,8-10H2,(H2,19,21). The zero-order valence-electron chi connectivity index (χ0n) is 11.6. The van der Waals surface area contributed by atoms with Gasteiger partial charge in [0, 0.05) is 10.2 Å². The molecule has 0 aliphatic heterocycles. The van der Waals surface area contributed by atoms with Crippen molar-refractivity contribution in [2.24, 2.45) is 5.73 Å². The van der Waals surface area contributed by atoms with Crippen molar-refractivity contribution in [2.75, 3.05) is 5.32 Å². The van der Waals surface area contributed by atoms with Crippen molar-refractivity contribution in [3.8, 4) is 0 Å². The van der Waals surface area contributed by atoms with E-state index in [4.69, 9.17) is 5.73 Å². The number of carbonyl (C=O) groups excluding carboxylic acids is 1. The third-order valence-electron chi connectivity index (χ3n) is 3.89. The molecule has 108 valence electrons. The number of benzene rings is 2. The Morgan fingerprint density at radius 2 is 2.00 bits per heavy atom. The number of nitrogens with one attached hydrogen (secondary N) is 1. The molecule has 3 N–H and O–H groups in total. The number of fused-ring (bicyclic) bond motifs is 1. The number of halogens is 1. The second-order valence-electron chi connectivity index (χ2n) is 5.38. The fourth-order valence-electron chi connectivity index (χ4n) is 2.88. The summed E-state index contributed by atoms with van der Waals surface area (Å²) in [5.74, 6) is -0.301. The molecule has 0 bridgehead atoms. The maximum atomic E-state index is 10.9. The molecule has 21 heavy (non-hydrogen) atoms. The van der Waals surface area contributed by atoms with Crippen molar-refractivity contribution < 1.29 is 4.79 Å². The van der Waals surface area contributed by atoms with Crippen LogP contribution in [0.1, 0.15) is 29.2 Å². The molecule has 0 spiro atoms. The first-order chi connectivity index (χ1) is 10.1. The Kier molecular flexibility index (Phi) is 3.97. The van der Waals surface area contributed by atoms with E-state index in [0.717, 1.165) is 24.1 Å². The van der Waals surface area contributed by atoms with Gasteiger partial charge in [-0.2, -0.15) is 0 Å². The smallest absolute Gasteiger partial charge is 0.221 e. The average Bonchev–Trinajstić information content (AvgIpc) is 2.85. The molecule has 3 nitrogen and oxygen atoms in total. The second kappa shape index (κ2) is 5.90. The molecule has 0 fully saturated rings.